The molecule has 0 bridgehead atoms. The molecule has 0 amide bonds. The molecule has 0 fully saturated rings. The number of ether oxygens (including phenoxy) is 1. The van der Waals surface area contributed by atoms with Gasteiger partial charge in [0.15, 0.2) is 0 Å². The second kappa shape index (κ2) is 10.4. The Balaban J connectivity index is 2.11. The minimum Gasteiger partial charge on any atom is -0.459 e. The van der Waals surface area contributed by atoms with E-state index in [0.717, 1.165) is 0 Å². The molecule has 2 aromatic carbocycles. The van der Waals surface area contributed by atoms with Crippen LogP contribution in [0.5, 0.6) is 0 Å². The van der Waals surface area contributed by atoms with Crippen LogP contribution in [0.4, 0.5) is 0 Å². The zero-order valence-electron chi connectivity index (χ0n) is 19.1. The highest BCUT2D eigenvalue weighted by atomic mass is 32.2. The Morgan fingerprint density at radius 2 is 1.45 bits per heavy atom. The lowest BCUT2D eigenvalue weighted by molar-refractivity contribution is -0.158. The molecule has 2 N–H and O–H groups in total. The summed E-state index contributed by atoms with van der Waals surface area (Å²) in [6.45, 7) is 8.55. The van der Waals surface area contributed by atoms with Crippen LogP contribution in [0, 0.1) is 5.92 Å². The van der Waals surface area contributed by atoms with Gasteiger partial charge in [-0.3, -0.25) is 4.79 Å². The summed E-state index contributed by atoms with van der Waals surface area (Å²) in [7, 11) is -7.81. The van der Waals surface area contributed by atoms with Gasteiger partial charge in [0.1, 0.15) is 11.6 Å². The second-order valence-corrected chi connectivity index (χ2v) is 12.0. The molecule has 1 atom stereocenters. The van der Waals surface area contributed by atoms with Crippen LogP contribution in [-0.4, -0.2) is 40.7 Å². The van der Waals surface area contributed by atoms with Crippen molar-refractivity contribution in [2.75, 3.05) is 0 Å². The highest BCUT2D eigenvalue weighted by molar-refractivity contribution is 7.89. The molecule has 2 aromatic rings. The number of hydrazone groups is 1. The van der Waals surface area contributed by atoms with E-state index in [-0.39, 0.29) is 15.7 Å². The summed E-state index contributed by atoms with van der Waals surface area (Å²) < 4.78 is 57.6. The molecule has 0 aliphatic rings. The molecule has 0 aliphatic carbocycles. The fourth-order valence-corrected chi connectivity index (χ4v) is 4.76. The number of nitrogens with zero attached hydrogens (tertiary/aromatic N) is 1. The molecule has 0 aromatic heterocycles. The maximum Gasteiger partial charge on any atom is 0.324 e. The number of benzene rings is 2. The van der Waals surface area contributed by atoms with Crippen LogP contribution in [0.15, 0.2) is 69.5 Å². The summed E-state index contributed by atoms with van der Waals surface area (Å²) >= 11 is 0. The van der Waals surface area contributed by atoms with Gasteiger partial charge in [-0.25, -0.2) is 13.2 Å². The minimum atomic E-state index is -4.01. The van der Waals surface area contributed by atoms with Crippen LogP contribution in [-0.2, 0) is 29.6 Å². The maximum atomic E-state index is 12.8. The van der Waals surface area contributed by atoms with Gasteiger partial charge in [-0.2, -0.15) is 18.2 Å². The summed E-state index contributed by atoms with van der Waals surface area (Å²) in [5.74, 6) is -0.991. The molecule has 0 saturated carbocycles. The van der Waals surface area contributed by atoms with Gasteiger partial charge in [-0.1, -0.05) is 44.2 Å². The molecular formula is C22H29N3O6S2. The van der Waals surface area contributed by atoms with Gasteiger partial charge in [0, 0.05) is 0 Å². The zero-order chi connectivity index (χ0) is 24.9. The summed E-state index contributed by atoms with van der Waals surface area (Å²) in [6, 6.07) is 12.3. The van der Waals surface area contributed by atoms with Gasteiger partial charge in [0.05, 0.1) is 16.0 Å². The van der Waals surface area contributed by atoms with Crippen LogP contribution >= 0.6 is 0 Å². The number of hydrogen-bond acceptors (Lipinski definition) is 7. The lowest BCUT2D eigenvalue weighted by Gasteiger charge is -2.26. The van der Waals surface area contributed by atoms with E-state index in [4.69, 9.17) is 4.74 Å². The van der Waals surface area contributed by atoms with Crippen molar-refractivity contribution >= 4 is 32.2 Å². The number of rotatable bonds is 9. The highest BCUT2D eigenvalue weighted by Gasteiger charge is 2.32. The Hall–Kier alpha value is -2.76. The fourth-order valence-electron chi connectivity index (χ4n) is 2.61. The molecule has 180 valence electrons. The predicted octanol–water partition coefficient (Wildman–Crippen LogP) is 2.64. The number of hydrogen-bond donors (Lipinski definition) is 2. The van der Waals surface area contributed by atoms with E-state index in [0.29, 0.717) is 5.56 Å². The Labute approximate surface area is 195 Å². The molecule has 2 rings (SSSR count). The van der Waals surface area contributed by atoms with Gasteiger partial charge in [-0.05, 0) is 56.5 Å². The molecule has 1 unspecified atom stereocenters. The summed E-state index contributed by atoms with van der Waals surface area (Å²) in [4.78, 5) is 14.6. The summed E-state index contributed by atoms with van der Waals surface area (Å²) in [5.41, 5.74) is -0.282. The van der Waals surface area contributed by atoms with E-state index in [1.165, 1.54) is 42.6 Å². The van der Waals surface area contributed by atoms with E-state index in [1.54, 1.807) is 52.8 Å². The Morgan fingerprint density at radius 3 is 1.97 bits per heavy atom. The standard InChI is InChI=1S/C22H29N3O6S2/c1-16(2)20(21(26)31-22(3,4)5)24-32(27,28)19-13-11-17(12-14-19)15-23-25-33(29,30)18-9-7-6-8-10-18/h6-16,20,24-25H,1-5H3/b23-15+. The summed E-state index contributed by atoms with van der Waals surface area (Å²) in [5, 5.41) is 3.72. The van der Waals surface area contributed by atoms with Crippen LogP contribution < -0.4 is 9.55 Å². The van der Waals surface area contributed by atoms with Crippen molar-refractivity contribution in [1.29, 1.82) is 0 Å². The van der Waals surface area contributed by atoms with E-state index < -0.39 is 37.7 Å². The van der Waals surface area contributed by atoms with E-state index in [1.807, 2.05) is 0 Å². The highest BCUT2D eigenvalue weighted by Crippen LogP contribution is 2.16. The van der Waals surface area contributed by atoms with Crippen LogP contribution in [0.25, 0.3) is 0 Å². The van der Waals surface area contributed by atoms with Gasteiger partial charge in [-0.15, -0.1) is 0 Å². The first-order valence-corrected chi connectivity index (χ1v) is 13.1. The van der Waals surface area contributed by atoms with Gasteiger partial charge >= 0.3 is 5.97 Å². The first-order valence-electron chi connectivity index (χ1n) is 10.2. The molecule has 11 heteroatoms. The van der Waals surface area contributed by atoms with Crippen LogP contribution in [0.3, 0.4) is 0 Å². The first-order chi connectivity index (χ1) is 15.2. The fraction of sp³-hybridized carbons (Fsp3) is 0.364. The van der Waals surface area contributed by atoms with Crippen molar-refractivity contribution < 1.29 is 26.4 Å². The van der Waals surface area contributed by atoms with Crippen molar-refractivity contribution in [2.45, 2.75) is 56.1 Å². The Morgan fingerprint density at radius 1 is 0.909 bits per heavy atom. The number of sulfonamides is 2. The van der Waals surface area contributed by atoms with Crippen molar-refractivity contribution in [3.05, 3.63) is 60.2 Å². The lowest BCUT2D eigenvalue weighted by Crippen LogP contribution is -2.47. The molecule has 9 nitrogen and oxygen atoms in total. The van der Waals surface area contributed by atoms with Crippen molar-refractivity contribution in [3.63, 3.8) is 0 Å². The molecule has 0 radical (unpaired) electrons. The number of nitrogens with one attached hydrogen (secondary N) is 2. The van der Waals surface area contributed by atoms with Gasteiger partial charge < -0.3 is 4.74 Å². The maximum absolute atomic E-state index is 12.8. The largest absolute Gasteiger partial charge is 0.459 e. The first kappa shape index (κ1) is 26.5. The second-order valence-electron chi connectivity index (χ2n) is 8.61. The van der Waals surface area contributed by atoms with Crippen molar-refractivity contribution in [3.8, 4) is 0 Å². The lowest BCUT2D eigenvalue weighted by atomic mass is 10.1. The van der Waals surface area contributed by atoms with Gasteiger partial charge in [0.25, 0.3) is 10.0 Å². The minimum absolute atomic E-state index is 0.0567. The monoisotopic (exact) mass is 495 g/mol. The molecule has 33 heavy (non-hydrogen) atoms. The smallest absolute Gasteiger partial charge is 0.324 e. The molecule has 0 spiro atoms. The van der Waals surface area contributed by atoms with Crippen LogP contribution in [0.1, 0.15) is 40.2 Å². The predicted molar refractivity (Wildman–Crippen MR) is 126 cm³/mol. The Bertz CT molecular complexity index is 1180. The average Bonchev–Trinajstić information content (AvgIpc) is 2.71. The number of carbonyl (C=O) groups is 1. The third-order valence-corrected chi connectivity index (χ3v) is 6.94. The van der Waals surface area contributed by atoms with Crippen molar-refractivity contribution in [1.82, 2.24) is 9.55 Å². The average molecular weight is 496 g/mol. The molecule has 0 aliphatic heterocycles. The summed E-state index contributed by atoms with van der Waals surface area (Å²) in [6.07, 6.45) is 1.25. The third-order valence-electron chi connectivity index (χ3n) is 4.24. The topological polar surface area (TPSA) is 131 Å². The normalized spacial score (nSPS) is 13.8. The zero-order valence-corrected chi connectivity index (χ0v) is 20.8. The van der Waals surface area contributed by atoms with E-state index >= 15 is 0 Å². The van der Waals surface area contributed by atoms with Gasteiger partial charge in [0.2, 0.25) is 10.0 Å². The van der Waals surface area contributed by atoms with E-state index in [2.05, 4.69) is 14.7 Å². The third kappa shape index (κ3) is 7.95. The van der Waals surface area contributed by atoms with E-state index in [9.17, 15) is 21.6 Å². The Kier molecular flexibility index (Phi) is 8.39. The number of carbonyl (C=O) groups excluding carboxylic acids is 1. The van der Waals surface area contributed by atoms with Crippen molar-refractivity contribution in [2.24, 2.45) is 11.0 Å². The molecular weight excluding hydrogens is 466 g/mol. The van der Waals surface area contributed by atoms with Crippen LogP contribution in [0.2, 0.25) is 0 Å². The molecule has 0 heterocycles. The quantitative estimate of drug-likeness (QED) is 0.312. The SMILES string of the molecule is CC(C)C(NS(=O)(=O)c1ccc(/C=N/NS(=O)(=O)c2ccccc2)cc1)C(=O)OC(C)(C)C. The number of esters is 1. The molecule has 0 saturated heterocycles.